The van der Waals surface area contributed by atoms with Gasteiger partial charge in [0, 0.05) is 29.9 Å². The van der Waals surface area contributed by atoms with Crippen LogP contribution in [0, 0.1) is 0 Å². The predicted molar refractivity (Wildman–Crippen MR) is 134 cm³/mol. The highest BCUT2D eigenvalue weighted by atomic mass is 35.5. The molecular weight excluding hydrogens is 452 g/mol. The molecule has 6 nitrogen and oxygen atoms in total. The molecule has 1 aliphatic rings. The number of para-hydroxylation sites is 1. The zero-order chi connectivity index (χ0) is 23.9. The number of nitrogens with zero attached hydrogens (tertiary/aromatic N) is 1. The van der Waals surface area contributed by atoms with E-state index in [1.165, 1.54) is 0 Å². The van der Waals surface area contributed by atoms with Crippen molar-refractivity contribution in [1.82, 2.24) is 4.90 Å². The highest BCUT2D eigenvalue weighted by Gasteiger charge is 2.30. The summed E-state index contributed by atoms with van der Waals surface area (Å²) in [7, 11) is 1.63. The van der Waals surface area contributed by atoms with Gasteiger partial charge in [-0.05, 0) is 60.0 Å². The molecule has 1 unspecified atom stereocenters. The van der Waals surface area contributed by atoms with E-state index in [9.17, 15) is 4.79 Å². The third kappa shape index (κ3) is 5.71. The van der Waals surface area contributed by atoms with Crippen LogP contribution < -0.4 is 15.2 Å². The number of hydrogen-bond acceptors (Lipinski definition) is 5. The van der Waals surface area contributed by atoms with Crippen LogP contribution in [-0.4, -0.2) is 37.9 Å². The number of benzene rings is 3. The number of hydrogen-bond donors (Lipinski definition) is 1. The SMILES string of the molecule is COCCOc1ccc(C2C=C(c3cc(Cl)ccc3N)CCN2C(=O)Oc2ccccc2)cc1. The number of rotatable bonds is 7. The lowest BCUT2D eigenvalue weighted by Crippen LogP contribution is -2.39. The first kappa shape index (κ1) is 23.7. The predicted octanol–water partition coefficient (Wildman–Crippen LogP) is 5.98. The number of amides is 1. The first-order valence-electron chi connectivity index (χ1n) is 11.1. The van der Waals surface area contributed by atoms with Gasteiger partial charge in [-0.2, -0.15) is 0 Å². The largest absolute Gasteiger partial charge is 0.491 e. The summed E-state index contributed by atoms with van der Waals surface area (Å²) >= 11 is 6.24. The number of carbonyl (C=O) groups excluding carboxylic acids is 1. The minimum Gasteiger partial charge on any atom is -0.491 e. The fraction of sp³-hybridized carbons (Fsp3) is 0.222. The van der Waals surface area contributed by atoms with Crippen LogP contribution in [0.25, 0.3) is 5.57 Å². The summed E-state index contributed by atoms with van der Waals surface area (Å²) in [6, 6.07) is 21.8. The smallest absolute Gasteiger partial charge is 0.416 e. The molecule has 0 saturated heterocycles. The van der Waals surface area contributed by atoms with Crippen molar-refractivity contribution in [3.63, 3.8) is 0 Å². The Balaban J connectivity index is 1.64. The number of nitrogen functional groups attached to an aromatic ring is 1. The molecule has 1 amide bonds. The molecule has 7 heteroatoms. The van der Waals surface area contributed by atoms with Crippen LogP contribution in [0.4, 0.5) is 10.5 Å². The fourth-order valence-corrected chi connectivity index (χ4v) is 4.08. The van der Waals surface area contributed by atoms with Crippen molar-refractivity contribution in [1.29, 1.82) is 0 Å². The molecule has 0 bridgehead atoms. The lowest BCUT2D eigenvalue weighted by atomic mass is 9.91. The zero-order valence-corrected chi connectivity index (χ0v) is 19.7. The average molecular weight is 479 g/mol. The van der Waals surface area contributed by atoms with Gasteiger partial charge < -0.3 is 19.9 Å². The fourth-order valence-electron chi connectivity index (χ4n) is 3.91. The molecule has 0 aromatic heterocycles. The molecule has 3 aromatic rings. The van der Waals surface area contributed by atoms with E-state index in [4.69, 9.17) is 31.5 Å². The van der Waals surface area contributed by atoms with Gasteiger partial charge in [0.15, 0.2) is 0 Å². The lowest BCUT2D eigenvalue weighted by Gasteiger charge is -2.34. The van der Waals surface area contributed by atoms with Crippen molar-refractivity contribution >= 4 is 29.0 Å². The molecule has 0 spiro atoms. The Hall–Kier alpha value is -3.48. The monoisotopic (exact) mass is 478 g/mol. The van der Waals surface area contributed by atoms with Crippen LogP contribution in [0.3, 0.4) is 0 Å². The van der Waals surface area contributed by atoms with Crippen molar-refractivity contribution in [2.75, 3.05) is 32.6 Å². The second-order valence-electron chi connectivity index (χ2n) is 7.90. The lowest BCUT2D eigenvalue weighted by molar-refractivity contribution is 0.140. The standard InChI is InChI=1S/C27H27ClN2O4/c1-32-15-16-33-22-10-7-19(8-11-22)26-17-20(24-18-21(28)9-12-25(24)29)13-14-30(26)27(31)34-23-5-3-2-4-6-23/h2-12,17-18,26H,13-16,29H2,1H3. The van der Waals surface area contributed by atoms with E-state index < -0.39 is 6.09 Å². The van der Waals surface area contributed by atoms with E-state index in [0.29, 0.717) is 42.6 Å². The second kappa shape index (κ2) is 11.1. The van der Waals surface area contributed by atoms with Crippen LogP contribution in [0.5, 0.6) is 11.5 Å². The van der Waals surface area contributed by atoms with E-state index in [2.05, 4.69) is 6.08 Å². The summed E-state index contributed by atoms with van der Waals surface area (Å²) in [6.45, 7) is 1.45. The summed E-state index contributed by atoms with van der Waals surface area (Å²) in [5, 5.41) is 0.616. The molecule has 0 radical (unpaired) electrons. The molecule has 4 rings (SSSR count). The number of nitrogens with two attached hydrogens (primary N) is 1. The highest BCUT2D eigenvalue weighted by molar-refractivity contribution is 6.30. The molecular formula is C27H27ClN2O4. The number of ether oxygens (including phenoxy) is 3. The number of methoxy groups -OCH3 is 1. The van der Waals surface area contributed by atoms with Gasteiger partial charge in [0.25, 0.3) is 0 Å². The van der Waals surface area contributed by atoms with Gasteiger partial charge in [-0.15, -0.1) is 0 Å². The molecule has 34 heavy (non-hydrogen) atoms. The van der Waals surface area contributed by atoms with Gasteiger partial charge in [0.1, 0.15) is 18.1 Å². The third-order valence-electron chi connectivity index (χ3n) is 5.64. The maximum atomic E-state index is 13.1. The highest BCUT2D eigenvalue weighted by Crippen LogP contribution is 2.37. The molecule has 1 aliphatic heterocycles. The van der Waals surface area contributed by atoms with Crippen LogP contribution in [0.1, 0.15) is 23.6 Å². The number of anilines is 1. The topological polar surface area (TPSA) is 74.0 Å². The summed E-state index contributed by atoms with van der Waals surface area (Å²) < 4.78 is 16.4. The van der Waals surface area contributed by atoms with Gasteiger partial charge in [-0.1, -0.05) is 48.0 Å². The molecule has 2 N–H and O–H groups in total. The number of carbonyl (C=O) groups is 1. The Morgan fingerprint density at radius 2 is 1.79 bits per heavy atom. The van der Waals surface area contributed by atoms with E-state index in [-0.39, 0.29) is 6.04 Å². The maximum absolute atomic E-state index is 13.1. The average Bonchev–Trinajstić information content (AvgIpc) is 2.86. The summed E-state index contributed by atoms with van der Waals surface area (Å²) in [6.07, 6.45) is 2.27. The van der Waals surface area contributed by atoms with Crippen LogP contribution in [-0.2, 0) is 4.74 Å². The molecule has 0 saturated carbocycles. The van der Waals surface area contributed by atoms with Crippen molar-refractivity contribution in [2.45, 2.75) is 12.5 Å². The normalized spacial score (nSPS) is 15.5. The van der Waals surface area contributed by atoms with Crippen LogP contribution in [0.2, 0.25) is 5.02 Å². The Morgan fingerprint density at radius 1 is 1.03 bits per heavy atom. The quantitative estimate of drug-likeness (QED) is 0.334. The van der Waals surface area contributed by atoms with E-state index in [0.717, 1.165) is 22.4 Å². The van der Waals surface area contributed by atoms with Crippen LogP contribution >= 0.6 is 11.6 Å². The number of halogens is 1. The van der Waals surface area contributed by atoms with Crippen molar-refractivity contribution in [3.8, 4) is 11.5 Å². The Labute approximate surface area is 204 Å². The summed E-state index contributed by atoms with van der Waals surface area (Å²) in [5.41, 5.74) is 9.75. The van der Waals surface area contributed by atoms with Gasteiger partial charge in [0.05, 0.1) is 12.6 Å². The molecule has 1 heterocycles. The first-order valence-corrected chi connectivity index (χ1v) is 11.4. The molecule has 0 fully saturated rings. The second-order valence-corrected chi connectivity index (χ2v) is 8.34. The van der Waals surface area contributed by atoms with Crippen molar-refractivity contribution < 1.29 is 19.0 Å². The Kier molecular flexibility index (Phi) is 7.72. The Bertz CT molecular complexity index is 1150. The van der Waals surface area contributed by atoms with E-state index >= 15 is 0 Å². The summed E-state index contributed by atoms with van der Waals surface area (Å²) in [4.78, 5) is 14.9. The van der Waals surface area contributed by atoms with Crippen molar-refractivity contribution in [2.24, 2.45) is 0 Å². The molecule has 176 valence electrons. The van der Waals surface area contributed by atoms with E-state index in [1.807, 2.05) is 48.5 Å². The third-order valence-corrected chi connectivity index (χ3v) is 5.87. The molecule has 3 aromatic carbocycles. The molecule has 1 atom stereocenters. The maximum Gasteiger partial charge on any atom is 0.416 e. The molecule has 0 aliphatic carbocycles. The minimum atomic E-state index is -0.411. The van der Waals surface area contributed by atoms with Crippen LogP contribution in [0.15, 0.2) is 78.9 Å². The summed E-state index contributed by atoms with van der Waals surface area (Å²) in [5.74, 6) is 1.24. The Morgan fingerprint density at radius 3 is 2.53 bits per heavy atom. The van der Waals surface area contributed by atoms with E-state index in [1.54, 1.807) is 36.3 Å². The first-order chi connectivity index (χ1) is 16.5. The van der Waals surface area contributed by atoms with Crippen molar-refractivity contribution in [3.05, 3.63) is 95.0 Å². The minimum absolute atomic E-state index is 0.341. The van der Waals surface area contributed by atoms with Gasteiger partial charge >= 0.3 is 6.09 Å². The van der Waals surface area contributed by atoms with Gasteiger partial charge in [-0.25, -0.2) is 4.79 Å². The van der Waals surface area contributed by atoms with Gasteiger partial charge in [-0.3, -0.25) is 4.90 Å². The van der Waals surface area contributed by atoms with Gasteiger partial charge in [0.2, 0.25) is 0 Å². The zero-order valence-electron chi connectivity index (χ0n) is 18.9.